The van der Waals surface area contributed by atoms with Gasteiger partial charge in [-0.2, -0.15) is 0 Å². The van der Waals surface area contributed by atoms with Gasteiger partial charge in [0.25, 0.3) is 0 Å². The molecule has 2 heterocycles. The van der Waals surface area contributed by atoms with Crippen LogP contribution in [0, 0.1) is 0 Å². The molecule has 0 spiro atoms. The van der Waals surface area contributed by atoms with Crippen LogP contribution >= 0.6 is 0 Å². The highest BCUT2D eigenvalue weighted by molar-refractivity contribution is 4.94. The summed E-state index contributed by atoms with van der Waals surface area (Å²) >= 11 is 0. The zero-order chi connectivity index (χ0) is 31.6. The van der Waals surface area contributed by atoms with Crippen molar-refractivity contribution < 1.29 is 54.7 Å². The Kier molecular flexibility index (Phi) is 20.0. The van der Waals surface area contributed by atoms with E-state index < -0.39 is 68.0 Å². The Bertz CT molecular complexity index is 684. The van der Waals surface area contributed by atoms with E-state index in [1.165, 1.54) is 64.2 Å². The lowest BCUT2D eigenvalue weighted by molar-refractivity contribution is -0.356. The van der Waals surface area contributed by atoms with Gasteiger partial charge in [-0.3, -0.25) is 0 Å². The van der Waals surface area contributed by atoms with Crippen LogP contribution in [0.15, 0.2) is 0 Å². The van der Waals surface area contributed by atoms with Gasteiger partial charge in [0.05, 0.1) is 19.3 Å². The van der Waals surface area contributed by atoms with Crippen LogP contribution in [-0.2, 0) is 18.9 Å². The topological polar surface area (TPSA) is 179 Å². The third-order valence-corrected chi connectivity index (χ3v) is 8.80. The number of hydrogen-bond donors (Lipinski definition) is 7. The summed E-state index contributed by atoms with van der Waals surface area (Å²) in [6, 6.07) is 0. The number of aliphatic hydroxyl groups excluding tert-OH is 7. The molecule has 2 rings (SSSR count). The van der Waals surface area contributed by atoms with Crippen LogP contribution < -0.4 is 0 Å². The molecule has 0 aromatic heterocycles. The lowest BCUT2D eigenvalue weighted by Gasteiger charge is -2.45. The van der Waals surface area contributed by atoms with E-state index in [1.54, 1.807) is 0 Å². The summed E-state index contributed by atoms with van der Waals surface area (Å²) < 4.78 is 22.7. The van der Waals surface area contributed by atoms with Gasteiger partial charge < -0.3 is 54.7 Å². The second kappa shape index (κ2) is 22.1. The first-order chi connectivity index (χ1) is 20.7. The maximum absolute atomic E-state index is 10.6. The first kappa shape index (κ1) is 38.7. The summed E-state index contributed by atoms with van der Waals surface area (Å²) in [5, 5.41) is 71.4. The van der Waals surface area contributed by atoms with Gasteiger partial charge in [0.1, 0.15) is 48.8 Å². The Labute approximate surface area is 258 Å². The first-order valence-electron chi connectivity index (χ1n) is 17.0. The van der Waals surface area contributed by atoms with Crippen molar-refractivity contribution in [2.75, 3.05) is 13.2 Å². The monoisotopic (exact) mass is 622 g/mol. The fourth-order valence-electron chi connectivity index (χ4n) is 5.93. The molecule has 0 amide bonds. The number of hydrogen-bond acceptors (Lipinski definition) is 11. The molecule has 0 aromatic carbocycles. The molecule has 2 fully saturated rings. The zero-order valence-electron chi connectivity index (χ0n) is 26.5. The van der Waals surface area contributed by atoms with Crippen LogP contribution in [0.2, 0.25) is 0 Å². The molecule has 7 N–H and O–H groups in total. The van der Waals surface area contributed by atoms with E-state index in [2.05, 4.69) is 13.8 Å². The summed E-state index contributed by atoms with van der Waals surface area (Å²) in [5.74, 6) is 0. The molecule has 0 aliphatic carbocycles. The summed E-state index contributed by atoms with van der Waals surface area (Å²) in [5.41, 5.74) is 0. The van der Waals surface area contributed by atoms with Gasteiger partial charge in [-0.1, -0.05) is 110 Å². The molecule has 11 nitrogen and oxygen atoms in total. The molecule has 1 unspecified atom stereocenters. The Balaban J connectivity index is 1.81. The molecule has 2 aliphatic heterocycles. The standard InChI is InChI=1S/C32H62O11/c1-3-5-7-8-9-10-11-12-13-14-15-17-19-22(18-16-6-4-2)40-21-24-25(34)26(35)29(38)32(42-24)43-30-23(20-33)41-31(39)28(37)27(30)36/h22-39H,3-21H2,1-2H3/t22?,23-,24-,25+,26+,27-,28-,29-,30-,31+,32+/m1/s1. The van der Waals surface area contributed by atoms with Crippen LogP contribution in [0.4, 0.5) is 0 Å². The maximum atomic E-state index is 10.6. The van der Waals surface area contributed by atoms with E-state index in [1.807, 2.05) is 0 Å². The molecule has 0 radical (unpaired) electrons. The van der Waals surface area contributed by atoms with Crippen molar-refractivity contribution in [2.45, 2.75) is 191 Å². The van der Waals surface area contributed by atoms with Gasteiger partial charge in [0.15, 0.2) is 12.6 Å². The molecule has 256 valence electrons. The summed E-state index contributed by atoms with van der Waals surface area (Å²) in [4.78, 5) is 0. The molecule has 0 saturated carbocycles. The number of aliphatic hydroxyl groups is 7. The van der Waals surface area contributed by atoms with Gasteiger partial charge in [-0.15, -0.1) is 0 Å². The molecular formula is C32H62O11. The first-order valence-corrected chi connectivity index (χ1v) is 17.0. The fourth-order valence-corrected chi connectivity index (χ4v) is 5.93. The van der Waals surface area contributed by atoms with Crippen molar-refractivity contribution >= 4 is 0 Å². The van der Waals surface area contributed by atoms with Crippen LogP contribution in [0.5, 0.6) is 0 Å². The molecule has 11 heteroatoms. The predicted octanol–water partition coefficient (Wildman–Crippen LogP) is 2.67. The van der Waals surface area contributed by atoms with Crippen LogP contribution in [-0.4, -0.2) is 116 Å². The quantitative estimate of drug-likeness (QED) is 0.0833. The molecule has 2 aliphatic rings. The smallest absolute Gasteiger partial charge is 0.187 e. The van der Waals surface area contributed by atoms with E-state index in [9.17, 15) is 35.7 Å². The highest BCUT2D eigenvalue weighted by Gasteiger charge is 2.50. The molecule has 11 atom stereocenters. The van der Waals surface area contributed by atoms with E-state index >= 15 is 0 Å². The second-order valence-corrected chi connectivity index (χ2v) is 12.5. The normalized spacial score (nSPS) is 34.0. The van der Waals surface area contributed by atoms with Crippen molar-refractivity contribution in [3.05, 3.63) is 0 Å². The molecular weight excluding hydrogens is 560 g/mol. The Hall–Kier alpha value is -0.440. The average molecular weight is 623 g/mol. The summed E-state index contributed by atoms with van der Waals surface area (Å²) in [7, 11) is 0. The summed E-state index contributed by atoms with van der Waals surface area (Å²) in [6.45, 7) is 3.71. The van der Waals surface area contributed by atoms with Crippen molar-refractivity contribution in [3.8, 4) is 0 Å². The average Bonchev–Trinajstić information content (AvgIpc) is 3.00. The van der Waals surface area contributed by atoms with E-state index in [-0.39, 0.29) is 12.7 Å². The number of rotatable bonds is 23. The van der Waals surface area contributed by atoms with Crippen molar-refractivity contribution in [1.29, 1.82) is 0 Å². The Morgan fingerprint density at radius 2 is 1.07 bits per heavy atom. The van der Waals surface area contributed by atoms with E-state index in [4.69, 9.17) is 18.9 Å². The second-order valence-electron chi connectivity index (χ2n) is 12.5. The van der Waals surface area contributed by atoms with Gasteiger partial charge in [0.2, 0.25) is 0 Å². The van der Waals surface area contributed by atoms with Crippen LogP contribution in [0.3, 0.4) is 0 Å². The van der Waals surface area contributed by atoms with E-state index in [0.29, 0.717) is 0 Å². The molecule has 0 aromatic rings. The van der Waals surface area contributed by atoms with Gasteiger partial charge in [-0.05, 0) is 12.8 Å². The van der Waals surface area contributed by atoms with Gasteiger partial charge >= 0.3 is 0 Å². The number of ether oxygens (including phenoxy) is 4. The SMILES string of the molecule is CCCCCCCCCCCCCCC(CCCCC)OC[C@H]1O[C@@H](O[C@H]2[C@H](O)[C@@H](O)[C@@H](O)O[C@@H]2CO)[C@H](O)[C@@H](O)[C@H]1O. The fraction of sp³-hybridized carbons (Fsp3) is 1.00. The van der Waals surface area contributed by atoms with Crippen molar-refractivity contribution in [3.63, 3.8) is 0 Å². The largest absolute Gasteiger partial charge is 0.394 e. The predicted molar refractivity (Wildman–Crippen MR) is 161 cm³/mol. The van der Waals surface area contributed by atoms with Gasteiger partial charge in [0, 0.05) is 0 Å². The minimum absolute atomic E-state index is 0.0298. The van der Waals surface area contributed by atoms with Crippen LogP contribution in [0.1, 0.15) is 123 Å². The van der Waals surface area contributed by atoms with Crippen molar-refractivity contribution in [2.24, 2.45) is 0 Å². The van der Waals surface area contributed by atoms with E-state index in [0.717, 1.165) is 44.9 Å². The maximum Gasteiger partial charge on any atom is 0.187 e. The third kappa shape index (κ3) is 13.4. The Morgan fingerprint density at radius 1 is 0.558 bits per heavy atom. The minimum Gasteiger partial charge on any atom is -0.394 e. The zero-order valence-corrected chi connectivity index (χ0v) is 26.5. The lowest BCUT2D eigenvalue weighted by atomic mass is 9.97. The minimum atomic E-state index is -1.73. The third-order valence-electron chi connectivity index (χ3n) is 8.80. The highest BCUT2D eigenvalue weighted by atomic mass is 16.7. The van der Waals surface area contributed by atoms with Crippen LogP contribution in [0.25, 0.3) is 0 Å². The molecule has 0 bridgehead atoms. The van der Waals surface area contributed by atoms with Crippen molar-refractivity contribution in [1.82, 2.24) is 0 Å². The molecule has 43 heavy (non-hydrogen) atoms. The Morgan fingerprint density at radius 3 is 1.63 bits per heavy atom. The summed E-state index contributed by atoms with van der Waals surface area (Å²) in [6.07, 6.45) is 5.31. The lowest BCUT2D eigenvalue weighted by Crippen LogP contribution is -2.64. The van der Waals surface area contributed by atoms with Gasteiger partial charge in [-0.25, -0.2) is 0 Å². The highest BCUT2D eigenvalue weighted by Crippen LogP contribution is 2.29. The number of unbranched alkanes of at least 4 members (excludes halogenated alkanes) is 13. The molecule has 2 saturated heterocycles.